The smallest absolute Gasteiger partial charge is 0.251 e. The van der Waals surface area contributed by atoms with Crippen LogP contribution < -0.4 is 5.32 Å². The van der Waals surface area contributed by atoms with Crippen molar-refractivity contribution < 1.29 is 15.0 Å². The van der Waals surface area contributed by atoms with Crippen molar-refractivity contribution in [2.24, 2.45) is 5.92 Å². The van der Waals surface area contributed by atoms with Gasteiger partial charge in [-0.3, -0.25) is 4.79 Å². The number of hydrogen-bond acceptors (Lipinski definition) is 3. The average Bonchev–Trinajstić information content (AvgIpc) is 2.92. The fourth-order valence-corrected chi connectivity index (χ4v) is 2.56. The number of nitrogens with one attached hydrogen (secondary N) is 1. The van der Waals surface area contributed by atoms with Crippen molar-refractivity contribution in [2.45, 2.75) is 38.7 Å². The van der Waals surface area contributed by atoms with Crippen molar-refractivity contribution in [3.05, 3.63) is 29.3 Å². The van der Waals surface area contributed by atoms with E-state index in [0.717, 1.165) is 18.4 Å². The number of carbonyl (C=O) groups excluding carboxylic acids is 1. The first kappa shape index (κ1) is 13.9. The molecule has 1 aromatic carbocycles. The van der Waals surface area contributed by atoms with E-state index in [2.05, 4.69) is 5.32 Å². The Morgan fingerprint density at radius 3 is 2.74 bits per heavy atom. The number of aryl methyl sites for hydroxylation is 1. The number of amides is 1. The highest BCUT2D eigenvalue weighted by molar-refractivity contribution is 5.94. The number of phenolic OH excluding ortho intramolecular Hbond substituents is 1. The van der Waals surface area contributed by atoms with E-state index < -0.39 is 6.10 Å². The number of carbonyl (C=O) groups is 1. The second-order valence-electron chi connectivity index (χ2n) is 5.32. The Balaban J connectivity index is 1.88. The van der Waals surface area contributed by atoms with Crippen LogP contribution in [-0.2, 0) is 0 Å². The maximum atomic E-state index is 11.9. The van der Waals surface area contributed by atoms with Gasteiger partial charge in [0.2, 0.25) is 0 Å². The third kappa shape index (κ3) is 3.47. The highest BCUT2D eigenvalue weighted by Gasteiger charge is 2.23. The molecule has 0 aromatic heterocycles. The summed E-state index contributed by atoms with van der Waals surface area (Å²) < 4.78 is 0. The largest absolute Gasteiger partial charge is 0.508 e. The Labute approximate surface area is 113 Å². The normalized spacial score (nSPS) is 17.4. The number of rotatable bonds is 4. The number of benzene rings is 1. The second kappa shape index (κ2) is 6.06. The van der Waals surface area contributed by atoms with Crippen LogP contribution in [0, 0.1) is 12.8 Å². The summed E-state index contributed by atoms with van der Waals surface area (Å²) >= 11 is 0. The molecule has 0 saturated heterocycles. The van der Waals surface area contributed by atoms with E-state index in [4.69, 9.17) is 0 Å². The summed E-state index contributed by atoms with van der Waals surface area (Å²) in [7, 11) is 0. The van der Waals surface area contributed by atoms with Crippen LogP contribution in [0.4, 0.5) is 0 Å². The van der Waals surface area contributed by atoms with Gasteiger partial charge in [-0.25, -0.2) is 0 Å². The van der Waals surface area contributed by atoms with E-state index in [1.807, 2.05) is 0 Å². The summed E-state index contributed by atoms with van der Waals surface area (Å²) in [5.74, 6) is 0.169. The molecule has 0 spiro atoms. The molecule has 1 atom stereocenters. The van der Waals surface area contributed by atoms with Crippen molar-refractivity contribution in [1.29, 1.82) is 0 Å². The fraction of sp³-hybridized carbons (Fsp3) is 0.533. The van der Waals surface area contributed by atoms with Gasteiger partial charge in [0, 0.05) is 12.1 Å². The van der Waals surface area contributed by atoms with Gasteiger partial charge in [0.25, 0.3) is 5.91 Å². The third-order valence-electron chi connectivity index (χ3n) is 3.89. The lowest BCUT2D eigenvalue weighted by molar-refractivity contribution is 0.0840. The Bertz CT molecular complexity index is 453. The van der Waals surface area contributed by atoms with Gasteiger partial charge in [0.05, 0.1) is 6.10 Å². The predicted molar refractivity (Wildman–Crippen MR) is 73.1 cm³/mol. The SMILES string of the molecule is Cc1ccc(C(=O)NCC(O)C2CCCC2)cc1O. The third-order valence-corrected chi connectivity index (χ3v) is 3.89. The first-order valence-electron chi connectivity index (χ1n) is 6.84. The van der Waals surface area contributed by atoms with Crippen LogP contribution in [0.5, 0.6) is 5.75 Å². The zero-order valence-corrected chi connectivity index (χ0v) is 11.2. The molecule has 1 aromatic rings. The van der Waals surface area contributed by atoms with Crippen LogP contribution in [0.1, 0.15) is 41.6 Å². The molecule has 1 aliphatic rings. The second-order valence-corrected chi connectivity index (χ2v) is 5.32. The molecule has 2 rings (SSSR count). The fourth-order valence-electron chi connectivity index (χ4n) is 2.56. The highest BCUT2D eigenvalue weighted by Crippen LogP contribution is 2.27. The zero-order chi connectivity index (χ0) is 13.8. The van der Waals surface area contributed by atoms with Crippen LogP contribution in [0.25, 0.3) is 0 Å². The molecule has 1 fully saturated rings. The minimum atomic E-state index is -0.467. The molecule has 0 radical (unpaired) electrons. The molecule has 1 amide bonds. The van der Waals surface area contributed by atoms with Crippen molar-refractivity contribution in [3.63, 3.8) is 0 Å². The molecular formula is C15H21NO3. The first-order chi connectivity index (χ1) is 9.08. The Morgan fingerprint density at radius 1 is 1.42 bits per heavy atom. The maximum Gasteiger partial charge on any atom is 0.251 e. The van der Waals surface area contributed by atoms with Crippen LogP contribution in [0.2, 0.25) is 0 Å². The van der Waals surface area contributed by atoms with Crippen molar-refractivity contribution >= 4 is 5.91 Å². The maximum absolute atomic E-state index is 11.9. The van der Waals surface area contributed by atoms with Crippen molar-refractivity contribution in [3.8, 4) is 5.75 Å². The molecule has 1 aliphatic carbocycles. The number of aliphatic hydroxyl groups is 1. The number of hydrogen-bond donors (Lipinski definition) is 3. The minimum Gasteiger partial charge on any atom is -0.508 e. The van der Waals surface area contributed by atoms with Crippen LogP contribution in [-0.4, -0.2) is 28.8 Å². The molecule has 4 nitrogen and oxygen atoms in total. The van der Waals surface area contributed by atoms with E-state index in [0.29, 0.717) is 11.5 Å². The van der Waals surface area contributed by atoms with Gasteiger partial charge in [0.15, 0.2) is 0 Å². The summed E-state index contributed by atoms with van der Waals surface area (Å²) in [6.07, 6.45) is 3.96. The Morgan fingerprint density at radius 2 is 2.11 bits per heavy atom. The quantitative estimate of drug-likeness (QED) is 0.778. The predicted octanol–water partition coefficient (Wildman–Crippen LogP) is 1.98. The highest BCUT2D eigenvalue weighted by atomic mass is 16.3. The van der Waals surface area contributed by atoms with Gasteiger partial charge in [-0.2, -0.15) is 0 Å². The van der Waals surface area contributed by atoms with E-state index in [9.17, 15) is 15.0 Å². The van der Waals surface area contributed by atoms with Crippen LogP contribution in [0.15, 0.2) is 18.2 Å². The lowest BCUT2D eigenvalue weighted by Gasteiger charge is -2.18. The van der Waals surface area contributed by atoms with Gasteiger partial charge in [-0.1, -0.05) is 18.9 Å². The number of aromatic hydroxyl groups is 1. The molecule has 1 unspecified atom stereocenters. The molecule has 1 saturated carbocycles. The minimum absolute atomic E-state index is 0.115. The average molecular weight is 263 g/mol. The van der Waals surface area contributed by atoms with Crippen LogP contribution >= 0.6 is 0 Å². The van der Waals surface area contributed by atoms with E-state index >= 15 is 0 Å². The van der Waals surface area contributed by atoms with E-state index in [-0.39, 0.29) is 18.2 Å². The van der Waals surface area contributed by atoms with Gasteiger partial charge in [-0.05, 0) is 43.4 Å². The van der Waals surface area contributed by atoms with E-state index in [1.54, 1.807) is 19.1 Å². The van der Waals surface area contributed by atoms with Gasteiger partial charge in [0.1, 0.15) is 5.75 Å². The molecule has 0 aliphatic heterocycles. The molecule has 0 heterocycles. The molecule has 3 N–H and O–H groups in total. The lowest BCUT2D eigenvalue weighted by Crippen LogP contribution is -2.35. The summed E-state index contributed by atoms with van der Waals surface area (Å²) in [5.41, 5.74) is 1.16. The molecular weight excluding hydrogens is 242 g/mol. The van der Waals surface area contributed by atoms with Crippen molar-refractivity contribution in [1.82, 2.24) is 5.32 Å². The number of phenols is 1. The molecule has 4 heteroatoms. The summed E-state index contributed by atoms with van der Waals surface area (Å²) in [5, 5.41) is 22.3. The van der Waals surface area contributed by atoms with Crippen molar-refractivity contribution in [2.75, 3.05) is 6.54 Å². The molecule has 0 bridgehead atoms. The molecule has 19 heavy (non-hydrogen) atoms. The topological polar surface area (TPSA) is 69.6 Å². The van der Waals surface area contributed by atoms with Gasteiger partial charge in [-0.15, -0.1) is 0 Å². The Hall–Kier alpha value is -1.55. The number of aliphatic hydroxyl groups excluding tert-OH is 1. The lowest BCUT2D eigenvalue weighted by atomic mass is 10.0. The molecule has 104 valence electrons. The standard InChI is InChI=1S/C15H21NO3/c1-10-6-7-12(8-13(10)17)15(19)16-9-14(18)11-4-2-3-5-11/h6-8,11,14,17-18H,2-5,9H2,1H3,(H,16,19). The van der Waals surface area contributed by atoms with Crippen LogP contribution in [0.3, 0.4) is 0 Å². The Kier molecular flexibility index (Phi) is 4.43. The van der Waals surface area contributed by atoms with Gasteiger partial charge < -0.3 is 15.5 Å². The summed E-state index contributed by atoms with van der Waals surface area (Å²) in [6, 6.07) is 4.83. The zero-order valence-electron chi connectivity index (χ0n) is 11.2. The summed E-state index contributed by atoms with van der Waals surface area (Å²) in [4.78, 5) is 11.9. The summed E-state index contributed by atoms with van der Waals surface area (Å²) in [6.45, 7) is 2.05. The van der Waals surface area contributed by atoms with E-state index in [1.165, 1.54) is 18.9 Å². The first-order valence-corrected chi connectivity index (χ1v) is 6.84. The monoisotopic (exact) mass is 263 g/mol. The van der Waals surface area contributed by atoms with Gasteiger partial charge >= 0.3 is 0 Å².